The van der Waals surface area contributed by atoms with Crippen molar-refractivity contribution in [2.45, 2.75) is 57.3 Å². The van der Waals surface area contributed by atoms with Gasteiger partial charge >= 0.3 is 0 Å². The third-order valence-corrected chi connectivity index (χ3v) is 7.25. The Kier molecular flexibility index (Phi) is 14.5. The van der Waals surface area contributed by atoms with Crippen LogP contribution in [0.1, 0.15) is 31.4 Å². The van der Waals surface area contributed by atoms with Gasteiger partial charge in [-0.25, -0.2) is 0 Å². The number of nitrogens with one attached hydrogen (secondary N) is 4. The van der Waals surface area contributed by atoms with Crippen molar-refractivity contribution in [2.24, 2.45) is 17.4 Å². The summed E-state index contributed by atoms with van der Waals surface area (Å²) in [6.07, 6.45) is 2.54. The van der Waals surface area contributed by atoms with E-state index >= 15 is 0 Å². The summed E-state index contributed by atoms with van der Waals surface area (Å²) >= 11 is 1.50. The first-order chi connectivity index (χ1) is 20.4. The summed E-state index contributed by atoms with van der Waals surface area (Å²) < 4.78 is 0. The molecule has 5 amide bonds. The van der Waals surface area contributed by atoms with Crippen LogP contribution in [0.2, 0.25) is 0 Å². The standard InChI is InChI=1S/C30H42N6O6S/c1-18(2)26(36-28(40)22(31)15-20-9-11-21(37)12-10-20)30(42)33-17-25(38)34-24(16-19-7-5-4-6-8-19)29(41)35-23(27(32)39)13-14-43-3/h4-12,18,22-24,26,37H,13-17,31H2,1-3H3,(H2,32,39)(H,33,42)(H,34,38)(H,35,41)(H,36,40)/t22-,23-,24-,26+/m0/s1. The van der Waals surface area contributed by atoms with Gasteiger partial charge in [0.2, 0.25) is 29.5 Å². The monoisotopic (exact) mass is 614 g/mol. The summed E-state index contributed by atoms with van der Waals surface area (Å²) in [4.78, 5) is 63.6. The van der Waals surface area contributed by atoms with E-state index in [1.807, 2.05) is 12.3 Å². The Balaban J connectivity index is 2.01. The lowest BCUT2D eigenvalue weighted by Crippen LogP contribution is -2.57. The molecule has 0 aliphatic heterocycles. The lowest BCUT2D eigenvalue weighted by atomic mass is 10.0. The molecule has 0 unspecified atom stereocenters. The summed E-state index contributed by atoms with van der Waals surface area (Å²) in [5.41, 5.74) is 13.0. The fourth-order valence-corrected chi connectivity index (χ4v) is 4.62. The van der Waals surface area contributed by atoms with Gasteiger partial charge in [0.1, 0.15) is 23.9 Å². The number of nitrogens with two attached hydrogens (primary N) is 2. The van der Waals surface area contributed by atoms with E-state index in [0.717, 1.165) is 11.1 Å². The summed E-state index contributed by atoms with van der Waals surface area (Å²) in [5.74, 6) is -2.66. The molecule has 4 atom stereocenters. The molecule has 43 heavy (non-hydrogen) atoms. The van der Waals surface area contributed by atoms with Crippen LogP contribution in [-0.2, 0) is 36.8 Å². The van der Waals surface area contributed by atoms with Crippen LogP contribution in [0.15, 0.2) is 54.6 Å². The highest BCUT2D eigenvalue weighted by molar-refractivity contribution is 7.98. The Hall–Kier alpha value is -4.10. The average Bonchev–Trinajstić information content (AvgIpc) is 2.97. The molecule has 2 aromatic carbocycles. The fraction of sp³-hybridized carbons (Fsp3) is 0.433. The fourth-order valence-electron chi connectivity index (χ4n) is 4.15. The number of primary amides is 1. The maximum atomic E-state index is 13.1. The van der Waals surface area contributed by atoms with Gasteiger partial charge in [-0.05, 0) is 54.0 Å². The molecule has 2 aromatic rings. The zero-order valence-electron chi connectivity index (χ0n) is 24.7. The van der Waals surface area contributed by atoms with Crippen molar-refractivity contribution in [3.63, 3.8) is 0 Å². The molecule has 0 bridgehead atoms. The molecule has 0 aliphatic carbocycles. The lowest BCUT2D eigenvalue weighted by molar-refractivity contribution is -0.133. The molecule has 0 radical (unpaired) electrons. The number of benzene rings is 2. The van der Waals surface area contributed by atoms with Gasteiger partial charge in [-0.1, -0.05) is 56.3 Å². The van der Waals surface area contributed by atoms with Gasteiger partial charge in [-0.2, -0.15) is 11.8 Å². The Labute approximate surface area is 256 Å². The number of phenolic OH excluding ortho intramolecular Hbond substituents is 1. The number of carbonyl (C=O) groups excluding carboxylic acids is 5. The van der Waals surface area contributed by atoms with Gasteiger partial charge in [0, 0.05) is 6.42 Å². The average molecular weight is 615 g/mol. The highest BCUT2D eigenvalue weighted by Crippen LogP contribution is 2.11. The molecule has 12 nitrogen and oxygen atoms in total. The molecule has 0 saturated carbocycles. The quantitative estimate of drug-likeness (QED) is 0.128. The molecular formula is C30H42N6O6S. The largest absolute Gasteiger partial charge is 0.508 e. The molecule has 9 N–H and O–H groups in total. The van der Waals surface area contributed by atoms with Crippen molar-refractivity contribution in [3.8, 4) is 5.75 Å². The molecule has 0 aliphatic rings. The number of hydrogen-bond acceptors (Lipinski definition) is 8. The Morgan fingerprint density at radius 1 is 0.814 bits per heavy atom. The summed E-state index contributed by atoms with van der Waals surface area (Å²) in [7, 11) is 0. The third kappa shape index (κ3) is 12.3. The maximum Gasteiger partial charge on any atom is 0.243 e. The Morgan fingerprint density at radius 2 is 1.44 bits per heavy atom. The molecule has 234 valence electrons. The second-order valence-electron chi connectivity index (χ2n) is 10.5. The van der Waals surface area contributed by atoms with Crippen molar-refractivity contribution in [1.29, 1.82) is 0 Å². The van der Waals surface area contributed by atoms with Crippen LogP contribution in [0, 0.1) is 5.92 Å². The van der Waals surface area contributed by atoms with Gasteiger partial charge in [-0.15, -0.1) is 0 Å². The zero-order valence-corrected chi connectivity index (χ0v) is 25.5. The number of aromatic hydroxyl groups is 1. The van der Waals surface area contributed by atoms with Gasteiger partial charge in [0.05, 0.1) is 12.6 Å². The SMILES string of the molecule is CSCC[C@H](NC(=O)[C@H](Cc1ccccc1)NC(=O)CNC(=O)[C@H](NC(=O)[C@@H](N)Cc1ccc(O)cc1)C(C)C)C(N)=O. The van der Waals surface area contributed by atoms with E-state index in [2.05, 4.69) is 21.3 Å². The maximum absolute atomic E-state index is 13.1. The second kappa shape index (κ2) is 17.8. The topological polar surface area (TPSA) is 206 Å². The molecule has 13 heteroatoms. The lowest BCUT2D eigenvalue weighted by Gasteiger charge is -2.24. The predicted molar refractivity (Wildman–Crippen MR) is 166 cm³/mol. The van der Waals surface area contributed by atoms with Crippen molar-refractivity contribution >= 4 is 41.3 Å². The van der Waals surface area contributed by atoms with E-state index in [9.17, 15) is 29.1 Å². The normalized spacial score (nSPS) is 13.7. The Bertz CT molecular complexity index is 1230. The minimum atomic E-state index is -1.04. The first-order valence-corrected chi connectivity index (χ1v) is 15.3. The van der Waals surface area contributed by atoms with Crippen LogP contribution in [0.4, 0.5) is 0 Å². The third-order valence-electron chi connectivity index (χ3n) is 6.60. The van der Waals surface area contributed by atoms with Crippen LogP contribution < -0.4 is 32.7 Å². The molecule has 0 fully saturated rings. The van der Waals surface area contributed by atoms with E-state index in [1.54, 1.807) is 50.2 Å². The predicted octanol–water partition coefficient (Wildman–Crippen LogP) is -0.0303. The molecule has 0 spiro atoms. The van der Waals surface area contributed by atoms with Gasteiger partial charge in [0.25, 0.3) is 0 Å². The number of amides is 5. The van der Waals surface area contributed by atoms with Crippen molar-refractivity contribution in [3.05, 3.63) is 65.7 Å². The Morgan fingerprint density at radius 3 is 2.02 bits per heavy atom. The van der Waals surface area contributed by atoms with Crippen LogP contribution in [0.5, 0.6) is 5.75 Å². The minimum Gasteiger partial charge on any atom is -0.508 e. The highest BCUT2D eigenvalue weighted by atomic mass is 32.2. The summed E-state index contributed by atoms with van der Waals surface area (Å²) in [5, 5.41) is 19.9. The van der Waals surface area contributed by atoms with Gasteiger partial charge in [0.15, 0.2) is 0 Å². The van der Waals surface area contributed by atoms with Crippen molar-refractivity contribution in [2.75, 3.05) is 18.6 Å². The van der Waals surface area contributed by atoms with Crippen molar-refractivity contribution in [1.82, 2.24) is 21.3 Å². The van der Waals surface area contributed by atoms with Gasteiger partial charge in [-0.3, -0.25) is 24.0 Å². The minimum absolute atomic E-state index is 0.0929. The van der Waals surface area contributed by atoms with E-state index < -0.39 is 60.2 Å². The molecule has 2 rings (SSSR count). The number of carbonyl (C=O) groups is 5. The first-order valence-electron chi connectivity index (χ1n) is 13.9. The second-order valence-corrected chi connectivity index (χ2v) is 11.5. The van der Waals surface area contributed by atoms with E-state index in [-0.39, 0.29) is 24.5 Å². The number of thioether (sulfide) groups is 1. The molecular weight excluding hydrogens is 572 g/mol. The highest BCUT2D eigenvalue weighted by Gasteiger charge is 2.29. The van der Waals surface area contributed by atoms with E-state index in [0.29, 0.717) is 12.2 Å². The van der Waals surface area contributed by atoms with Gasteiger partial charge < -0.3 is 37.8 Å². The van der Waals surface area contributed by atoms with Crippen LogP contribution >= 0.6 is 11.8 Å². The molecule has 0 saturated heterocycles. The van der Waals surface area contributed by atoms with Crippen LogP contribution in [0.3, 0.4) is 0 Å². The number of rotatable bonds is 17. The molecule has 0 aromatic heterocycles. The zero-order chi connectivity index (χ0) is 31.9. The number of phenols is 1. The smallest absolute Gasteiger partial charge is 0.243 e. The molecule has 0 heterocycles. The van der Waals surface area contributed by atoms with Crippen LogP contribution in [-0.4, -0.2) is 77.4 Å². The van der Waals surface area contributed by atoms with E-state index in [1.165, 1.54) is 23.9 Å². The summed E-state index contributed by atoms with van der Waals surface area (Å²) in [6, 6.07) is 11.5. The van der Waals surface area contributed by atoms with E-state index in [4.69, 9.17) is 11.5 Å². The number of hydrogen-bond donors (Lipinski definition) is 7. The summed E-state index contributed by atoms with van der Waals surface area (Å²) in [6.45, 7) is 3.02. The van der Waals surface area contributed by atoms with Crippen LogP contribution in [0.25, 0.3) is 0 Å². The van der Waals surface area contributed by atoms with Crippen molar-refractivity contribution < 1.29 is 29.1 Å². The first kappa shape index (κ1) is 35.1.